The van der Waals surface area contributed by atoms with E-state index in [1.165, 1.54) is 12.1 Å². The summed E-state index contributed by atoms with van der Waals surface area (Å²) in [7, 11) is 0. The van der Waals surface area contributed by atoms with E-state index in [2.05, 4.69) is 0 Å². The summed E-state index contributed by atoms with van der Waals surface area (Å²) in [6.07, 6.45) is 3.24. The Balaban J connectivity index is 2.74. The number of halogens is 1. The van der Waals surface area contributed by atoms with E-state index >= 15 is 0 Å². The number of carbonyl (C=O) groups excluding carboxylic acids is 1. The van der Waals surface area contributed by atoms with Gasteiger partial charge in [-0.25, -0.2) is 4.39 Å². The van der Waals surface area contributed by atoms with E-state index in [9.17, 15) is 9.18 Å². The molecule has 0 saturated heterocycles. The second kappa shape index (κ2) is 4.55. The van der Waals surface area contributed by atoms with Gasteiger partial charge in [-0.3, -0.25) is 4.79 Å². The van der Waals surface area contributed by atoms with Gasteiger partial charge in [0.1, 0.15) is 5.82 Å². The quantitative estimate of drug-likeness (QED) is 0.650. The Morgan fingerprint density at radius 3 is 2.77 bits per heavy atom. The molecule has 1 aromatic carbocycles. The van der Waals surface area contributed by atoms with Gasteiger partial charge in [0, 0.05) is 6.42 Å². The van der Waals surface area contributed by atoms with Crippen molar-refractivity contribution < 1.29 is 9.18 Å². The van der Waals surface area contributed by atoms with Crippen LogP contribution in [0.1, 0.15) is 12.5 Å². The monoisotopic (exact) mass is 178 g/mol. The highest BCUT2D eigenvalue weighted by molar-refractivity contribution is 5.91. The average molecular weight is 178 g/mol. The molecule has 0 atom stereocenters. The number of hydrogen-bond acceptors (Lipinski definition) is 1. The van der Waals surface area contributed by atoms with Gasteiger partial charge in [-0.1, -0.05) is 24.3 Å². The lowest BCUT2D eigenvalue weighted by Gasteiger charge is -1.98. The van der Waals surface area contributed by atoms with Crippen LogP contribution < -0.4 is 0 Å². The number of hydrogen-bond donors (Lipinski definition) is 0. The highest BCUT2D eigenvalue weighted by Gasteiger charge is 2.03. The summed E-state index contributed by atoms with van der Waals surface area (Å²) in [5, 5.41) is 0. The lowest BCUT2D eigenvalue weighted by Crippen LogP contribution is -2.00. The summed E-state index contributed by atoms with van der Waals surface area (Å²) < 4.78 is 13.0. The first-order valence-corrected chi connectivity index (χ1v) is 4.13. The van der Waals surface area contributed by atoms with E-state index in [1.807, 2.05) is 0 Å². The summed E-state index contributed by atoms with van der Waals surface area (Å²) in [5.41, 5.74) is 0.450. The SMILES string of the molecule is C/C=C/C(=O)Cc1ccccc1F. The molecule has 0 aliphatic rings. The predicted molar refractivity (Wildman–Crippen MR) is 49.9 cm³/mol. The second-order valence-corrected chi connectivity index (χ2v) is 2.73. The third kappa shape index (κ3) is 2.82. The van der Waals surface area contributed by atoms with Gasteiger partial charge in [0.25, 0.3) is 0 Å². The zero-order valence-corrected chi connectivity index (χ0v) is 7.46. The van der Waals surface area contributed by atoms with Crippen LogP contribution in [0.25, 0.3) is 0 Å². The van der Waals surface area contributed by atoms with Crippen LogP contribution in [0.4, 0.5) is 4.39 Å². The Hall–Kier alpha value is -1.44. The third-order valence-corrected chi connectivity index (χ3v) is 1.68. The lowest BCUT2D eigenvalue weighted by molar-refractivity contribution is -0.114. The van der Waals surface area contributed by atoms with E-state index in [1.54, 1.807) is 31.2 Å². The van der Waals surface area contributed by atoms with Crippen LogP contribution in [-0.4, -0.2) is 5.78 Å². The zero-order valence-electron chi connectivity index (χ0n) is 7.46. The maximum Gasteiger partial charge on any atom is 0.159 e. The van der Waals surface area contributed by atoms with Crippen LogP contribution in [0.2, 0.25) is 0 Å². The van der Waals surface area contributed by atoms with E-state index in [4.69, 9.17) is 0 Å². The highest BCUT2D eigenvalue weighted by atomic mass is 19.1. The Kier molecular flexibility index (Phi) is 3.38. The zero-order chi connectivity index (χ0) is 9.68. The molecule has 0 heterocycles. The van der Waals surface area contributed by atoms with Crippen LogP contribution in [0, 0.1) is 5.82 Å². The fraction of sp³-hybridized carbons (Fsp3) is 0.182. The molecule has 0 radical (unpaired) electrons. The van der Waals surface area contributed by atoms with Crippen molar-refractivity contribution in [1.29, 1.82) is 0 Å². The summed E-state index contributed by atoms with van der Waals surface area (Å²) >= 11 is 0. The molecular weight excluding hydrogens is 167 g/mol. The molecule has 1 aromatic rings. The number of rotatable bonds is 3. The maximum atomic E-state index is 13.0. The van der Waals surface area contributed by atoms with Gasteiger partial charge in [0.05, 0.1) is 0 Å². The Labute approximate surface area is 76.9 Å². The highest BCUT2D eigenvalue weighted by Crippen LogP contribution is 2.07. The van der Waals surface area contributed by atoms with Gasteiger partial charge in [0.15, 0.2) is 5.78 Å². The summed E-state index contributed by atoms with van der Waals surface area (Å²) in [5.74, 6) is -0.395. The number of carbonyl (C=O) groups is 1. The third-order valence-electron chi connectivity index (χ3n) is 1.68. The molecule has 68 valence electrons. The molecule has 1 nitrogen and oxygen atoms in total. The minimum absolute atomic E-state index is 0.0763. The molecule has 0 saturated carbocycles. The minimum atomic E-state index is -0.319. The summed E-state index contributed by atoms with van der Waals surface area (Å²) in [6.45, 7) is 1.76. The van der Waals surface area contributed by atoms with Crippen molar-refractivity contribution in [3.8, 4) is 0 Å². The first-order valence-electron chi connectivity index (χ1n) is 4.13. The van der Waals surface area contributed by atoms with Crippen LogP contribution in [0.15, 0.2) is 36.4 Å². The van der Waals surface area contributed by atoms with Crippen molar-refractivity contribution in [1.82, 2.24) is 0 Å². The molecule has 0 spiro atoms. The minimum Gasteiger partial charge on any atom is -0.294 e. The molecule has 0 bridgehead atoms. The standard InChI is InChI=1S/C11H11FO/c1-2-5-10(13)8-9-6-3-4-7-11(9)12/h2-7H,8H2,1H3/b5-2+. The predicted octanol–water partition coefficient (Wildman–Crippen LogP) is 2.51. The van der Waals surface area contributed by atoms with Crippen molar-refractivity contribution in [2.24, 2.45) is 0 Å². The van der Waals surface area contributed by atoms with Crippen molar-refractivity contribution in [3.63, 3.8) is 0 Å². The molecule has 0 aliphatic heterocycles. The molecular formula is C11H11FO. The summed E-state index contributed by atoms with van der Waals surface area (Å²) in [4.78, 5) is 11.1. The number of benzene rings is 1. The molecule has 13 heavy (non-hydrogen) atoms. The Morgan fingerprint density at radius 1 is 1.46 bits per heavy atom. The lowest BCUT2D eigenvalue weighted by atomic mass is 10.1. The molecule has 0 aliphatic carbocycles. The van der Waals surface area contributed by atoms with Gasteiger partial charge in [-0.15, -0.1) is 0 Å². The number of ketones is 1. The van der Waals surface area contributed by atoms with Crippen LogP contribution >= 0.6 is 0 Å². The van der Waals surface area contributed by atoms with Crippen molar-refractivity contribution in [3.05, 3.63) is 47.8 Å². The first-order chi connectivity index (χ1) is 6.24. The van der Waals surface area contributed by atoms with E-state index in [-0.39, 0.29) is 18.0 Å². The van der Waals surface area contributed by atoms with Crippen molar-refractivity contribution in [2.45, 2.75) is 13.3 Å². The summed E-state index contributed by atoms with van der Waals surface area (Å²) in [6, 6.07) is 6.31. The molecule has 0 amide bonds. The van der Waals surface area contributed by atoms with Gasteiger partial charge < -0.3 is 0 Å². The fourth-order valence-electron chi connectivity index (χ4n) is 1.07. The Morgan fingerprint density at radius 2 is 2.15 bits per heavy atom. The smallest absolute Gasteiger partial charge is 0.159 e. The van der Waals surface area contributed by atoms with Crippen LogP contribution in [0.3, 0.4) is 0 Å². The molecule has 0 N–H and O–H groups in total. The second-order valence-electron chi connectivity index (χ2n) is 2.73. The topological polar surface area (TPSA) is 17.1 Å². The van der Waals surface area contributed by atoms with E-state index in [0.29, 0.717) is 5.56 Å². The fourth-order valence-corrected chi connectivity index (χ4v) is 1.07. The normalized spacial score (nSPS) is 10.6. The molecule has 0 unspecified atom stereocenters. The Bertz CT molecular complexity index is 329. The largest absolute Gasteiger partial charge is 0.294 e. The van der Waals surface area contributed by atoms with Gasteiger partial charge in [-0.2, -0.15) is 0 Å². The van der Waals surface area contributed by atoms with E-state index in [0.717, 1.165) is 0 Å². The van der Waals surface area contributed by atoms with Crippen LogP contribution in [-0.2, 0) is 11.2 Å². The van der Waals surface area contributed by atoms with Gasteiger partial charge in [-0.05, 0) is 24.6 Å². The molecule has 0 fully saturated rings. The maximum absolute atomic E-state index is 13.0. The molecule has 0 aromatic heterocycles. The molecule has 1 rings (SSSR count). The average Bonchev–Trinajstić information content (AvgIpc) is 2.09. The number of allylic oxidation sites excluding steroid dienone is 2. The molecule has 2 heteroatoms. The first kappa shape index (κ1) is 9.65. The van der Waals surface area contributed by atoms with Gasteiger partial charge in [0.2, 0.25) is 0 Å². The van der Waals surface area contributed by atoms with Crippen LogP contribution in [0.5, 0.6) is 0 Å². The van der Waals surface area contributed by atoms with E-state index < -0.39 is 0 Å². The van der Waals surface area contributed by atoms with Gasteiger partial charge >= 0.3 is 0 Å². The van der Waals surface area contributed by atoms with Crippen molar-refractivity contribution >= 4 is 5.78 Å². The van der Waals surface area contributed by atoms with Crippen molar-refractivity contribution in [2.75, 3.05) is 0 Å².